The summed E-state index contributed by atoms with van der Waals surface area (Å²) in [5, 5.41) is 2.79. The zero-order valence-corrected chi connectivity index (χ0v) is 13.8. The van der Waals surface area contributed by atoms with E-state index in [-0.39, 0.29) is 11.7 Å². The van der Waals surface area contributed by atoms with Crippen molar-refractivity contribution in [2.24, 2.45) is 0 Å². The Kier molecular flexibility index (Phi) is 5.42. The number of ether oxygens (including phenoxy) is 1. The van der Waals surface area contributed by atoms with Crippen LogP contribution in [0.5, 0.6) is 0 Å². The maximum Gasteiger partial charge on any atom is 0.254 e. The number of aromatic amines is 1. The topological polar surface area (TPSA) is 70.2 Å². The van der Waals surface area contributed by atoms with Gasteiger partial charge in [-0.3, -0.25) is 4.79 Å². The fraction of sp³-hybridized carbons (Fsp3) is 0.529. The number of nitrogens with zero attached hydrogens (tertiary/aromatic N) is 2. The number of H-pyrrole nitrogens is 1. The van der Waals surface area contributed by atoms with Gasteiger partial charge in [0.1, 0.15) is 5.82 Å². The van der Waals surface area contributed by atoms with Gasteiger partial charge in [0.2, 0.25) is 0 Å². The van der Waals surface area contributed by atoms with Gasteiger partial charge >= 0.3 is 0 Å². The molecular weight excluding hydrogens is 311 g/mol. The Morgan fingerprint density at radius 3 is 3.29 bits per heavy atom. The third-order valence-electron chi connectivity index (χ3n) is 4.23. The van der Waals surface area contributed by atoms with E-state index in [0.717, 1.165) is 39.1 Å². The lowest BCUT2D eigenvalue weighted by atomic mass is 10.1. The lowest BCUT2D eigenvalue weighted by Gasteiger charge is -2.21. The Morgan fingerprint density at radius 2 is 2.42 bits per heavy atom. The largest absolute Gasteiger partial charge is 0.377 e. The van der Waals surface area contributed by atoms with Gasteiger partial charge in [0.15, 0.2) is 0 Å². The molecule has 1 aromatic heterocycles. The molecule has 0 radical (unpaired) electrons. The average molecular weight is 334 g/mol. The number of hydrogen-bond acceptors (Lipinski definition) is 4. The first-order valence-corrected chi connectivity index (χ1v) is 8.38. The Bertz CT molecular complexity index is 703. The predicted octanol–water partition coefficient (Wildman–Crippen LogP) is 1.93. The number of carbonyl (C=O) groups is 1. The molecule has 1 fully saturated rings. The Balaban J connectivity index is 1.49. The first-order chi connectivity index (χ1) is 11.6. The minimum atomic E-state index is -0.539. The van der Waals surface area contributed by atoms with Crippen LogP contribution in [-0.2, 0) is 4.74 Å². The maximum absolute atomic E-state index is 14.0. The second-order valence-corrected chi connectivity index (χ2v) is 6.20. The zero-order chi connectivity index (χ0) is 16.9. The summed E-state index contributed by atoms with van der Waals surface area (Å²) in [6, 6.07) is 2.78. The number of fused-ring (bicyclic) bond motifs is 1. The fourth-order valence-corrected chi connectivity index (χ4v) is 3.01. The number of benzene rings is 1. The Hall–Kier alpha value is -1.99. The first-order valence-electron chi connectivity index (χ1n) is 8.38. The van der Waals surface area contributed by atoms with Crippen molar-refractivity contribution in [3.63, 3.8) is 0 Å². The monoisotopic (exact) mass is 334 g/mol. The van der Waals surface area contributed by atoms with Crippen LogP contribution in [0.4, 0.5) is 4.39 Å². The summed E-state index contributed by atoms with van der Waals surface area (Å²) >= 11 is 0. The van der Waals surface area contributed by atoms with E-state index >= 15 is 0 Å². The van der Waals surface area contributed by atoms with Crippen LogP contribution in [0, 0.1) is 5.82 Å². The third-order valence-corrected chi connectivity index (χ3v) is 4.23. The molecule has 2 N–H and O–H groups in total. The van der Waals surface area contributed by atoms with E-state index in [1.54, 1.807) is 0 Å². The molecule has 1 aromatic carbocycles. The third kappa shape index (κ3) is 4.10. The van der Waals surface area contributed by atoms with Gasteiger partial charge in [-0.25, -0.2) is 9.37 Å². The van der Waals surface area contributed by atoms with Crippen LogP contribution < -0.4 is 5.32 Å². The molecule has 1 atom stereocenters. The molecule has 2 heterocycles. The van der Waals surface area contributed by atoms with Crippen molar-refractivity contribution >= 4 is 16.9 Å². The summed E-state index contributed by atoms with van der Waals surface area (Å²) in [5.74, 6) is -0.937. The highest BCUT2D eigenvalue weighted by Crippen LogP contribution is 2.16. The molecule has 1 aliphatic rings. The molecular formula is C17H23FN4O2. The fourth-order valence-electron chi connectivity index (χ4n) is 3.01. The molecule has 6 nitrogen and oxygen atoms in total. The molecule has 1 amide bonds. The molecule has 0 saturated carbocycles. The van der Waals surface area contributed by atoms with E-state index in [9.17, 15) is 9.18 Å². The predicted molar refractivity (Wildman–Crippen MR) is 89.5 cm³/mol. The van der Waals surface area contributed by atoms with Gasteiger partial charge in [-0.1, -0.05) is 0 Å². The number of halogens is 1. The number of amides is 1. The van der Waals surface area contributed by atoms with Gasteiger partial charge < -0.3 is 19.9 Å². The number of nitrogens with one attached hydrogen (secondary N) is 2. The van der Waals surface area contributed by atoms with Crippen LogP contribution in [0.2, 0.25) is 0 Å². The van der Waals surface area contributed by atoms with Crippen molar-refractivity contribution < 1.29 is 13.9 Å². The molecule has 0 bridgehead atoms. The van der Waals surface area contributed by atoms with Crippen molar-refractivity contribution in [2.45, 2.75) is 25.9 Å². The van der Waals surface area contributed by atoms with E-state index in [1.165, 1.54) is 18.5 Å². The smallest absolute Gasteiger partial charge is 0.254 e. The molecule has 0 aliphatic carbocycles. The Labute approximate surface area is 140 Å². The van der Waals surface area contributed by atoms with Gasteiger partial charge in [-0.2, -0.15) is 0 Å². The van der Waals surface area contributed by atoms with Crippen LogP contribution in [-0.4, -0.2) is 59.7 Å². The van der Waals surface area contributed by atoms with Gasteiger partial charge in [-0.05, 0) is 32.4 Å². The molecule has 0 unspecified atom stereocenters. The summed E-state index contributed by atoms with van der Waals surface area (Å²) in [4.78, 5) is 21.4. The molecule has 7 heteroatoms. The van der Waals surface area contributed by atoms with Crippen LogP contribution in [0.1, 0.15) is 30.1 Å². The van der Waals surface area contributed by atoms with E-state index in [4.69, 9.17) is 4.74 Å². The maximum atomic E-state index is 14.0. The summed E-state index contributed by atoms with van der Waals surface area (Å²) < 4.78 is 19.6. The molecule has 24 heavy (non-hydrogen) atoms. The number of hydrogen-bond donors (Lipinski definition) is 2. The summed E-state index contributed by atoms with van der Waals surface area (Å²) in [6.45, 7) is 6.23. The van der Waals surface area contributed by atoms with Gasteiger partial charge in [0.05, 0.1) is 29.0 Å². The van der Waals surface area contributed by atoms with Crippen LogP contribution in [0.3, 0.4) is 0 Å². The molecule has 1 saturated heterocycles. The van der Waals surface area contributed by atoms with E-state index in [1.807, 2.05) is 0 Å². The van der Waals surface area contributed by atoms with Crippen molar-refractivity contribution in [2.75, 3.05) is 32.8 Å². The van der Waals surface area contributed by atoms with Crippen LogP contribution in [0.25, 0.3) is 11.0 Å². The summed E-state index contributed by atoms with van der Waals surface area (Å²) in [7, 11) is 0. The van der Waals surface area contributed by atoms with E-state index in [0.29, 0.717) is 17.6 Å². The van der Waals surface area contributed by atoms with E-state index in [2.05, 4.69) is 27.1 Å². The number of rotatable bonds is 5. The van der Waals surface area contributed by atoms with Crippen molar-refractivity contribution in [3.05, 3.63) is 29.8 Å². The summed E-state index contributed by atoms with van der Waals surface area (Å²) in [6.07, 6.45) is 3.59. The number of carbonyl (C=O) groups excluding carboxylic acids is 1. The quantitative estimate of drug-likeness (QED) is 0.820. The zero-order valence-electron chi connectivity index (χ0n) is 13.8. The van der Waals surface area contributed by atoms with Gasteiger partial charge in [-0.15, -0.1) is 0 Å². The highest BCUT2D eigenvalue weighted by atomic mass is 19.1. The second-order valence-electron chi connectivity index (χ2n) is 6.20. The molecule has 2 aromatic rings. The number of imidazole rings is 1. The van der Waals surface area contributed by atoms with Crippen LogP contribution in [0.15, 0.2) is 18.5 Å². The lowest BCUT2D eigenvalue weighted by molar-refractivity contribution is 0.0675. The minimum absolute atomic E-state index is 0.0337. The molecule has 3 rings (SSSR count). The van der Waals surface area contributed by atoms with E-state index < -0.39 is 11.7 Å². The van der Waals surface area contributed by atoms with Gasteiger partial charge in [0.25, 0.3) is 5.91 Å². The SMILES string of the molecule is C[C@H]1CN(CCCNC(=O)c2cc3nc[nH]c3cc2F)CCCO1. The summed E-state index contributed by atoms with van der Waals surface area (Å²) in [5.41, 5.74) is 1.20. The molecule has 0 spiro atoms. The highest BCUT2D eigenvalue weighted by molar-refractivity contribution is 5.97. The van der Waals surface area contributed by atoms with Crippen molar-refractivity contribution in [1.82, 2.24) is 20.2 Å². The average Bonchev–Trinajstić information content (AvgIpc) is 2.90. The van der Waals surface area contributed by atoms with Crippen molar-refractivity contribution in [3.8, 4) is 0 Å². The molecule has 130 valence electrons. The van der Waals surface area contributed by atoms with Crippen LogP contribution >= 0.6 is 0 Å². The van der Waals surface area contributed by atoms with Crippen molar-refractivity contribution in [1.29, 1.82) is 0 Å². The minimum Gasteiger partial charge on any atom is -0.377 e. The van der Waals surface area contributed by atoms with Gasteiger partial charge in [0, 0.05) is 32.3 Å². The highest BCUT2D eigenvalue weighted by Gasteiger charge is 2.16. The standard InChI is InChI=1S/C17H23FN4O2/c1-12-10-22(6-3-7-24-12)5-2-4-19-17(23)13-8-15-16(9-14(13)18)21-11-20-15/h8-9,11-12H,2-7,10H2,1H3,(H,19,23)(H,20,21)/t12-/m0/s1. The Morgan fingerprint density at radius 1 is 1.54 bits per heavy atom. The second kappa shape index (κ2) is 7.72. The molecule has 1 aliphatic heterocycles. The lowest BCUT2D eigenvalue weighted by Crippen LogP contribution is -2.33. The first kappa shape index (κ1) is 16.9. The number of aromatic nitrogens is 2. The normalized spacial score (nSPS) is 19.3.